The number of fused-ring (bicyclic) bond motifs is 5. The van der Waals surface area contributed by atoms with E-state index < -0.39 is 23.4 Å². The standard InChI is InChI=1S/C28H30N2O5/c31-25(32)22-14-17-10-11-24(22)30(17)26(33)28(12-5-13-28)16-29-27(34)35-15-23-20-8-3-1-6-18(20)19-7-2-4-9-21(19)23/h1-4,6-9,17,22-24H,5,10-16H2,(H,29,34)(H,31,32). The minimum Gasteiger partial charge on any atom is -0.481 e. The Morgan fingerprint density at radius 3 is 2.23 bits per heavy atom. The number of carbonyl (C=O) groups excluding carboxylic acids is 2. The predicted octanol–water partition coefficient (Wildman–Crippen LogP) is 4.16. The molecule has 2 aromatic rings. The maximum Gasteiger partial charge on any atom is 0.407 e. The van der Waals surface area contributed by atoms with E-state index in [2.05, 4.69) is 29.6 Å². The van der Waals surface area contributed by atoms with Crippen molar-refractivity contribution in [3.63, 3.8) is 0 Å². The third kappa shape index (κ3) is 3.51. The Morgan fingerprint density at radius 2 is 1.66 bits per heavy atom. The quantitative estimate of drug-likeness (QED) is 0.656. The molecule has 7 heteroatoms. The number of hydrogen-bond acceptors (Lipinski definition) is 4. The summed E-state index contributed by atoms with van der Waals surface area (Å²) in [6.45, 7) is 0.466. The number of nitrogens with one attached hydrogen (secondary N) is 1. The highest BCUT2D eigenvalue weighted by atomic mass is 16.5. The fourth-order valence-corrected chi connectivity index (χ4v) is 6.81. The Balaban J connectivity index is 1.10. The van der Waals surface area contributed by atoms with Gasteiger partial charge in [0, 0.05) is 24.5 Å². The molecule has 2 aliphatic heterocycles. The number of alkyl carbamates (subject to hydrolysis) is 1. The molecule has 0 radical (unpaired) electrons. The van der Waals surface area contributed by atoms with E-state index >= 15 is 0 Å². The molecule has 35 heavy (non-hydrogen) atoms. The third-order valence-corrected chi connectivity index (χ3v) is 8.77. The monoisotopic (exact) mass is 474 g/mol. The molecule has 0 spiro atoms. The van der Waals surface area contributed by atoms with Crippen LogP contribution in [-0.4, -0.2) is 53.2 Å². The number of amides is 2. The lowest BCUT2D eigenvalue weighted by molar-refractivity contribution is -0.149. The van der Waals surface area contributed by atoms with Crippen molar-refractivity contribution in [3.8, 4) is 11.1 Å². The van der Waals surface area contributed by atoms with Crippen LogP contribution in [0.4, 0.5) is 4.79 Å². The maximum absolute atomic E-state index is 13.6. The van der Waals surface area contributed by atoms with E-state index in [0.717, 1.165) is 30.4 Å². The van der Waals surface area contributed by atoms with E-state index in [0.29, 0.717) is 19.3 Å². The van der Waals surface area contributed by atoms with Gasteiger partial charge in [0.25, 0.3) is 0 Å². The lowest BCUT2D eigenvalue weighted by Gasteiger charge is -2.44. The Bertz CT molecular complexity index is 1140. The van der Waals surface area contributed by atoms with Gasteiger partial charge in [-0.25, -0.2) is 4.79 Å². The summed E-state index contributed by atoms with van der Waals surface area (Å²) < 4.78 is 5.66. The molecule has 182 valence electrons. The van der Waals surface area contributed by atoms with Gasteiger partial charge < -0.3 is 20.1 Å². The number of ether oxygens (including phenoxy) is 1. The zero-order chi connectivity index (χ0) is 24.2. The van der Waals surface area contributed by atoms with Crippen LogP contribution >= 0.6 is 0 Å². The van der Waals surface area contributed by atoms with Crippen LogP contribution < -0.4 is 5.32 Å². The molecule has 2 heterocycles. The van der Waals surface area contributed by atoms with Crippen LogP contribution in [0.5, 0.6) is 0 Å². The molecule has 4 aliphatic rings. The Morgan fingerprint density at radius 1 is 1.00 bits per heavy atom. The van der Waals surface area contributed by atoms with Crippen molar-refractivity contribution in [1.29, 1.82) is 0 Å². The number of aliphatic carboxylic acids is 1. The fraction of sp³-hybridized carbons (Fsp3) is 0.464. The van der Waals surface area contributed by atoms with Gasteiger partial charge in [0.15, 0.2) is 0 Å². The van der Waals surface area contributed by atoms with E-state index in [1.54, 1.807) is 0 Å². The molecule has 2 amide bonds. The van der Waals surface area contributed by atoms with Crippen LogP contribution in [-0.2, 0) is 14.3 Å². The van der Waals surface area contributed by atoms with E-state index in [4.69, 9.17) is 4.74 Å². The highest BCUT2D eigenvalue weighted by Gasteiger charge is 2.56. The Kier molecular flexibility index (Phi) is 5.31. The molecule has 7 nitrogen and oxygen atoms in total. The summed E-state index contributed by atoms with van der Waals surface area (Å²) in [4.78, 5) is 39.8. The molecule has 2 aromatic carbocycles. The van der Waals surface area contributed by atoms with Crippen LogP contribution in [0.15, 0.2) is 48.5 Å². The number of rotatable bonds is 6. The molecule has 2 bridgehead atoms. The van der Waals surface area contributed by atoms with Gasteiger partial charge in [-0.2, -0.15) is 0 Å². The Labute approximate surface area is 204 Å². The minimum atomic E-state index is -0.811. The van der Waals surface area contributed by atoms with Crippen LogP contribution in [0.3, 0.4) is 0 Å². The number of nitrogens with zero attached hydrogens (tertiary/aromatic N) is 1. The second kappa shape index (κ2) is 8.40. The molecule has 0 aromatic heterocycles. The van der Waals surface area contributed by atoms with Crippen molar-refractivity contribution in [2.45, 2.75) is 56.5 Å². The van der Waals surface area contributed by atoms with Gasteiger partial charge in [-0.05, 0) is 54.4 Å². The molecule has 3 fully saturated rings. The second-order valence-electron chi connectivity index (χ2n) is 10.5. The van der Waals surface area contributed by atoms with Crippen molar-refractivity contribution in [2.24, 2.45) is 11.3 Å². The molecule has 6 rings (SSSR count). The van der Waals surface area contributed by atoms with Crippen LogP contribution in [0, 0.1) is 11.3 Å². The molecule has 3 unspecified atom stereocenters. The van der Waals surface area contributed by atoms with Crippen LogP contribution in [0.1, 0.15) is 55.6 Å². The second-order valence-corrected chi connectivity index (χ2v) is 10.5. The maximum atomic E-state index is 13.6. The number of carboxylic acid groups (broad SMARTS) is 1. The van der Waals surface area contributed by atoms with E-state index in [9.17, 15) is 19.5 Å². The normalized spacial score (nSPS) is 25.5. The zero-order valence-electron chi connectivity index (χ0n) is 19.6. The highest BCUT2D eigenvalue weighted by Crippen LogP contribution is 2.49. The number of carbonyl (C=O) groups is 3. The van der Waals surface area contributed by atoms with Crippen LogP contribution in [0.25, 0.3) is 11.1 Å². The SMILES string of the molecule is O=C(NCC1(C(=O)N2C3CCC2C(C(=O)O)C3)CCC1)OCC1c2ccccc2-c2ccccc21. The van der Waals surface area contributed by atoms with E-state index in [1.807, 2.05) is 29.2 Å². The van der Waals surface area contributed by atoms with Crippen molar-refractivity contribution >= 4 is 18.0 Å². The van der Waals surface area contributed by atoms with Gasteiger partial charge in [-0.15, -0.1) is 0 Å². The minimum absolute atomic E-state index is 0.0129. The molecule has 3 atom stereocenters. The molecule has 2 saturated heterocycles. The largest absolute Gasteiger partial charge is 0.481 e. The molecule has 2 aliphatic carbocycles. The first-order chi connectivity index (χ1) is 17.0. The average Bonchev–Trinajstić information content (AvgIpc) is 3.51. The molecule has 2 N–H and O–H groups in total. The first kappa shape index (κ1) is 22.1. The lowest BCUT2D eigenvalue weighted by Crippen LogP contribution is -2.55. The van der Waals surface area contributed by atoms with Gasteiger partial charge >= 0.3 is 12.1 Å². The number of benzene rings is 2. The summed E-state index contributed by atoms with van der Waals surface area (Å²) in [5.41, 5.74) is 4.03. The first-order valence-electron chi connectivity index (χ1n) is 12.6. The average molecular weight is 475 g/mol. The summed E-state index contributed by atoms with van der Waals surface area (Å²) in [5, 5.41) is 12.4. The smallest absolute Gasteiger partial charge is 0.407 e. The van der Waals surface area contributed by atoms with Crippen molar-refractivity contribution in [3.05, 3.63) is 59.7 Å². The molecule has 1 saturated carbocycles. The Hall–Kier alpha value is -3.35. The van der Waals surface area contributed by atoms with Gasteiger partial charge in [0.1, 0.15) is 6.61 Å². The predicted molar refractivity (Wildman–Crippen MR) is 129 cm³/mol. The van der Waals surface area contributed by atoms with Gasteiger partial charge in [-0.1, -0.05) is 55.0 Å². The summed E-state index contributed by atoms with van der Waals surface area (Å²) in [6.07, 6.45) is 4.01. The topological polar surface area (TPSA) is 95.9 Å². The fourth-order valence-electron chi connectivity index (χ4n) is 6.81. The third-order valence-electron chi connectivity index (χ3n) is 8.77. The van der Waals surface area contributed by atoms with E-state index in [-0.39, 0.29) is 37.1 Å². The van der Waals surface area contributed by atoms with Crippen molar-refractivity contribution in [2.75, 3.05) is 13.2 Å². The summed E-state index contributed by atoms with van der Waals surface area (Å²) in [5.74, 6) is -1.28. The van der Waals surface area contributed by atoms with Crippen molar-refractivity contribution < 1.29 is 24.2 Å². The number of carboxylic acids is 1. The van der Waals surface area contributed by atoms with Gasteiger partial charge in [0.2, 0.25) is 5.91 Å². The zero-order valence-corrected chi connectivity index (χ0v) is 19.6. The van der Waals surface area contributed by atoms with E-state index in [1.165, 1.54) is 11.1 Å². The summed E-state index contributed by atoms with van der Waals surface area (Å²) >= 11 is 0. The summed E-state index contributed by atoms with van der Waals surface area (Å²) in [7, 11) is 0. The highest BCUT2D eigenvalue weighted by molar-refractivity contribution is 5.87. The molecular formula is C28H30N2O5. The van der Waals surface area contributed by atoms with Crippen molar-refractivity contribution in [1.82, 2.24) is 10.2 Å². The van der Waals surface area contributed by atoms with Gasteiger partial charge in [-0.3, -0.25) is 9.59 Å². The van der Waals surface area contributed by atoms with Gasteiger partial charge in [0.05, 0.1) is 11.3 Å². The van der Waals surface area contributed by atoms with Crippen LogP contribution in [0.2, 0.25) is 0 Å². The first-order valence-corrected chi connectivity index (χ1v) is 12.6. The summed E-state index contributed by atoms with van der Waals surface area (Å²) in [6, 6.07) is 16.2. The lowest BCUT2D eigenvalue weighted by atomic mass is 9.67. The molecular weight excluding hydrogens is 444 g/mol. The number of hydrogen-bond donors (Lipinski definition) is 2.